The first-order valence-corrected chi connectivity index (χ1v) is 11.4. The molecule has 1 aliphatic heterocycles. The van der Waals surface area contributed by atoms with Crippen molar-refractivity contribution in [2.75, 3.05) is 18.9 Å². The van der Waals surface area contributed by atoms with Crippen LogP contribution in [0.2, 0.25) is 0 Å². The van der Waals surface area contributed by atoms with Crippen LogP contribution < -0.4 is 0 Å². The second-order valence-electron chi connectivity index (χ2n) is 6.94. The van der Waals surface area contributed by atoms with Crippen LogP contribution >= 0.6 is 7.14 Å². The molecular formula is C18H37O2P. The van der Waals surface area contributed by atoms with E-state index in [-0.39, 0.29) is 5.85 Å². The van der Waals surface area contributed by atoms with Crippen molar-refractivity contribution < 1.29 is 9.30 Å². The lowest BCUT2D eigenvalue weighted by molar-refractivity contribution is 0.425. The molecule has 0 aromatic carbocycles. The van der Waals surface area contributed by atoms with Crippen LogP contribution in [0, 0.1) is 11.8 Å². The van der Waals surface area contributed by atoms with Gasteiger partial charge < -0.3 is 9.30 Å². The molecular weight excluding hydrogens is 279 g/mol. The van der Waals surface area contributed by atoms with Crippen molar-refractivity contribution in [2.24, 2.45) is 11.8 Å². The summed E-state index contributed by atoms with van der Waals surface area (Å²) in [5.41, 5.74) is 0. The largest absolute Gasteiger partial charge is 0.365 e. The van der Waals surface area contributed by atoms with Gasteiger partial charge in [-0.1, -0.05) is 79.1 Å². The van der Waals surface area contributed by atoms with Crippen LogP contribution in [-0.2, 0) is 9.30 Å². The Kier molecular flexibility index (Phi) is 9.21. The average molecular weight is 316 g/mol. The molecule has 0 amide bonds. The van der Waals surface area contributed by atoms with Crippen LogP contribution in [0.5, 0.6) is 0 Å². The highest BCUT2D eigenvalue weighted by Gasteiger charge is 2.44. The summed E-state index contributed by atoms with van der Waals surface area (Å²) >= 11 is 0. The fourth-order valence-electron chi connectivity index (χ4n) is 3.33. The molecule has 3 heteroatoms. The van der Waals surface area contributed by atoms with Crippen molar-refractivity contribution >= 4 is 7.14 Å². The van der Waals surface area contributed by atoms with Gasteiger partial charge in [0.2, 0.25) is 0 Å². The number of ether oxygens (including phenoxy) is 1. The number of rotatable bonds is 13. The predicted molar refractivity (Wildman–Crippen MR) is 93.7 cm³/mol. The molecule has 0 aromatic heterocycles. The third kappa shape index (κ3) is 6.87. The maximum atomic E-state index is 13.5. The standard InChI is InChI=1S/C18H37O2P/c1-5-9-11-16(7-3)14-21(19,18-13-20-18)15-17(8-4)12-10-6-2/h16-18H,5-15H2,1-4H3. The average Bonchev–Trinajstić information content (AvgIpc) is 3.33. The van der Waals surface area contributed by atoms with Gasteiger partial charge in [-0.3, -0.25) is 0 Å². The van der Waals surface area contributed by atoms with Gasteiger partial charge in [-0.15, -0.1) is 0 Å². The molecule has 1 saturated heterocycles. The predicted octanol–water partition coefficient (Wildman–Crippen LogP) is 6.14. The highest BCUT2D eigenvalue weighted by Crippen LogP contribution is 2.59. The Bertz CT molecular complexity index is 290. The van der Waals surface area contributed by atoms with Gasteiger partial charge in [0, 0.05) is 12.3 Å². The lowest BCUT2D eigenvalue weighted by Crippen LogP contribution is -2.16. The van der Waals surface area contributed by atoms with E-state index in [1.54, 1.807) is 0 Å². The Hall–Kier alpha value is 0.190. The Balaban J connectivity index is 2.61. The van der Waals surface area contributed by atoms with Crippen LogP contribution in [0.15, 0.2) is 0 Å². The molecule has 0 bridgehead atoms. The maximum Gasteiger partial charge on any atom is 0.134 e. The third-order valence-electron chi connectivity index (χ3n) is 5.06. The zero-order valence-electron chi connectivity index (χ0n) is 14.8. The molecule has 0 N–H and O–H groups in total. The van der Waals surface area contributed by atoms with Gasteiger partial charge in [-0.25, -0.2) is 0 Å². The highest BCUT2D eigenvalue weighted by molar-refractivity contribution is 7.64. The van der Waals surface area contributed by atoms with Gasteiger partial charge in [0.25, 0.3) is 0 Å². The number of hydrogen-bond acceptors (Lipinski definition) is 2. The van der Waals surface area contributed by atoms with Gasteiger partial charge in [0.05, 0.1) is 6.61 Å². The first-order chi connectivity index (χ1) is 10.1. The van der Waals surface area contributed by atoms with Crippen LogP contribution in [-0.4, -0.2) is 24.8 Å². The van der Waals surface area contributed by atoms with E-state index in [0.29, 0.717) is 11.8 Å². The van der Waals surface area contributed by atoms with Gasteiger partial charge in [0.15, 0.2) is 0 Å². The topological polar surface area (TPSA) is 29.6 Å². The summed E-state index contributed by atoms with van der Waals surface area (Å²) in [5, 5.41) is 0. The highest BCUT2D eigenvalue weighted by atomic mass is 31.2. The van der Waals surface area contributed by atoms with E-state index in [1.165, 1.54) is 51.4 Å². The van der Waals surface area contributed by atoms with E-state index < -0.39 is 7.14 Å². The minimum atomic E-state index is -2.13. The second kappa shape index (κ2) is 10.1. The van der Waals surface area contributed by atoms with E-state index in [4.69, 9.17) is 4.74 Å². The van der Waals surface area contributed by atoms with Crippen molar-refractivity contribution in [3.05, 3.63) is 0 Å². The summed E-state index contributed by atoms with van der Waals surface area (Å²) in [6.07, 6.45) is 11.8. The molecule has 0 saturated carbocycles. The molecule has 0 aromatic rings. The van der Waals surface area contributed by atoms with Crippen molar-refractivity contribution in [1.82, 2.24) is 0 Å². The summed E-state index contributed by atoms with van der Waals surface area (Å²) in [5.74, 6) is 1.40. The normalized spacial score (nSPS) is 23.5. The fraction of sp³-hybridized carbons (Fsp3) is 1.00. The van der Waals surface area contributed by atoms with Crippen molar-refractivity contribution in [1.29, 1.82) is 0 Å². The molecule has 3 atom stereocenters. The summed E-state index contributed by atoms with van der Waals surface area (Å²) < 4.78 is 19.0. The first-order valence-electron chi connectivity index (χ1n) is 9.28. The summed E-state index contributed by atoms with van der Waals surface area (Å²) in [4.78, 5) is 0. The molecule has 1 aliphatic rings. The summed E-state index contributed by atoms with van der Waals surface area (Å²) in [6, 6.07) is 0. The fourth-order valence-corrected chi connectivity index (χ4v) is 7.21. The second-order valence-corrected chi connectivity index (χ2v) is 10.1. The van der Waals surface area contributed by atoms with Gasteiger partial charge in [0.1, 0.15) is 13.0 Å². The van der Waals surface area contributed by atoms with Crippen molar-refractivity contribution in [2.45, 2.75) is 84.9 Å². The van der Waals surface area contributed by atoms with Crippen molar-refractivity contribution in [3.8, 4) is 0 Å². The number of unbranched alkanes of at least 4 members (excludes halogenated alkanes) is 2. The van der Waals surface area contributed by atoms with Crippen molar-refractivity contribution in [3.63, 3.8) is 0 Å². The van der Waals surface area contributed by atoms with Gasteiger partial charge >= 0.3 is 0 Å². The Morgan fingerprint density at radius 2 is 1.38 bits per heavy atom. The van der Waals surface area contributed by atoms with Crippen LogP contribution in [0.1, 0.15) is 79.1 Å². The van der Waals surface area contributed by atoms with E-state index >= 15 is 0 Å². The zero-order valence-corrected chi connectivity index (χ0v) is 15.7. The lowest BCUT2D eigenvalue weighted by Gasteiger charge is -2.26. The number of hydrogen-bond donors (Lipinski definition) is 0. The maximum absolute atomic E-state index is 13.5. The van der Waals surface area contributed by atoms with E-state index in [0.717, 1.165) is 18.9 Å². The first kappa shape index (κ1) is 19.2. The molecule has 0 radical (unpaired) electrons. The van der Waals surface area contributed by atoms with Gasteiger partial charge in [-0.05, 0) is 11.8 Å². The minimum absolute atomic E-state index is 0.115. The molecule has 21 heavy (non-hydrogen) atoms. The van der Waals surface area contributed by atoms with Crippen LogP contribution in [0.4, 0.5) is 0 Å². The smallest absolute Gasteiger partial charge is 0.134 e. The Morgan fingerprint density at radius 3 is 1.67 bits per heavy atom. The number of epoxide rings is 1. The Labute approximate surface area is 132 Å². The zero-order chi connectivity index (χ0) is 15.7. The monoisotopic (exact) mass is 316 g/mol. The molecule has 3 unspecified atom stereocenters. The summed E-state index contributed by atoms with van der Waals surface area (Å²) in [6.45, 7) is 9.76. The van der Waals surface area contributed by atoms with Crippen LogP contribution in [0.25, 0.3) is 0 Å². The lowest BCUT2D eigenvalue weighted by atomic mass is 10.0. The van der Waals surface area contributed by atoms with E-state index in [2.05, 4.69) is 27.7 Å². The van der Waals surface area contributed by atoms with E-state index in [1.807, 2.05) is 0 Å². The van der Waals surface area contributed by atoms with Gasteiger partial charge in [-0.2, -0.15) is 0 Å². The Morgan fingerprint density at radius 1 is 0.952 bits per heavy atom. The third-order valence-corrected chi connectivity index (χ3v) is 8.68. The van der Waals surface area contributed by atoms with E-state index in [9.17, 15) is 4.57 Å². The molecule has 1 heterocycles. The van der Waals surface area contributed by atoms with Crippen LogP contribution in [0.3, 0.4) is 0 Å². The quantitative estimate of drug-likeness (QED) is 0.302. The molecule has 2 nitrogen and oxygen atoms in total. The molecule has 1 rings (SSSR count). The molecule has 1 fully saturated rings. The molecule has 126 valence electrons. The molecule has 0 spiro atoms. The SMILES string of the molecule is CCCCC(CC)CP(=O)(CC(CC)CCCC)C1CO1. The molecule has 0 aliphatic carbocycles. The minimum Gasteiger partial charge on any atom is -0.365 e. The summed E-state index contributed by atoms with van der Waals surface area (Å²) in [7, 11) is -2.13.